The van der Waals surface area contributed by atoms with E-state index < -0.39 is 6.09 Å². The van der Waals surface area contributed by atoms with Crippen molar-refractivity contribution in [3.05, 3.63) is 47.8 Å². The van der Waals surface area contributed by atoms with E-state index in [1.165, 1.54) is 11.2 Å². The third kappa shape index (κ3) is 5.85. The Balaban J connectivity index is 1.64. The molecule has 2 aromatic rings. The zero-order valence-electron chi connectivity index (χ0n) is 19.6. The van der Waals surface area contributed by atoms with Gasteiger partial charge >= 0.3 is 6.09 Å². The van der Waals surface area contributed by atoms with Crippen molar-refractivity contribution in [3.63, 3.8) is 0 Å². The highest BCUT2D eigenvalue weighted by Gasteiger charge is 2.32. The molecule has 9 nitrogen and oxygen atoms in total. The van der Waals surface area contributed by atoms with Gasteiger partial charge in [0.1, 0.15) is 18.2 Å². The molecule has 2 atom stereocenters. The Labute approximate surface area is 194 Å². The lowest BCUT2D eigenvalue weighted by atomic mass is 9.96. The van der Waals surface area contributed by atoms with Gasteiger partial charge in [0.15, 0.2) is 0 Å². The summed E-state index contributed by atoms with van der Waals surface area (Å²) in [5, 5.41) is 9.45. The minimum Gasteiger partial charge on any atom is -0.496 e. The quantitative estimate of drug-likeness (QED) is 0.537. The van der Waals surface area contributed by atoms with Crippen LogP contribution in [-0.2, 0) is 0 Å². The van der Waals surface area contributed by atoms with Gasteiger partial charge < -0.3 is 24.3 Å². The second-order valence-electron chi connectivity index (χ2n) is 8.16. The fraction of sp³-hybridized carbons (Fsp3) is 0.458. The molecule has 1 saturated heterocycles. The van der Waals surface area contributed by atoms with E-state index in [0.29, 0.717) is 42.4 Å². The summed E-state index contributed by atoms with van der Waals surface area (Å²) >= 11 is 0. The Kier molecular flexibility index (Phi) is 7.97. The van der Waals surface area contributed by atoms with E-state index in [9.17, 15) is 9.90 Å². The number of nitrogens with zero attached hydrogens (tertiary/aromatic N) is 3. The molecule has 0 saturated carbocycles. The number of amides is 1. The van der Waals surface area contributed by atoms with Crippen LogP contribution in [0.5, 0.6) is 17.5 Å². The molecule has 0 aliphatic carbocycles. The Bertz CT molecular complexity index is 997. The second-order valence-corrected chi connectivity index (χ2v) is 8.16. The second kappa shape index (κ2) is 10.9. The van der Waals surface area contributed by atoms with Crippen molar-refractivity contribution in [2.45, 2.75) is 58.6 Å². The highest BCUT2D eigenvalue weighted by atomic mass is 16.7. The molecule has 1 fully saturated rings. The van der Waals surface area contributed by atoms with Gasteiger partial charge in [-0.2, -0.15) is 4.98 Å². The number of hydroxylamine groups is 1. The van der Waals surface area contributed by atoms with E-state index in [0.717, 1.165) is 29.7 Å². The van der Waals surface area contributed by atoms with Crippen LogP contribution in [0.1, 0.15) is 49.3 Å². The normalized spacial score (nSPS) is 17.9. The van der Waals surface area contributed by atoms with Crippen molar-refractivity contribution in [1.29, 1.82) is 0 Å². The summed E-state index contributed by atoms with van der Waals surface area (Å²) in [5.41, 5.74) is 5.92. The minimum atomic E-state index is -0.876. The maximum Gasteiger partial charge on any atom is 0.407 e. The number of piperidine rings is 1. The van der Waals surface area contributed by atoms with Crippen molar-refractivity contribution in [2.24, 2.45) is 0 Å². The van der Waals surface area contributed by atoms with Gasteiger partial charge in [-0.05, 0) is 44.0 Å². The summed E-state index contributed by atoms with van der Waals surface area (Å²) in [6.45, 7) is 10.3. The Morgan fingerprint density at radius 1 is 1.30 bits per heavy atom. The van der Waals surface area contributed by atoms with Crippen LogP contribution < -0.4 is 19.8 Å². The van der Waals surface area contributed by atoms with Gasteiger partial charge in [-0.1, -0.05) is 19.9 Å². The summed E-state index contributed by atoms with van der Waals surface area (Å²) in [6.07, 6.45) is 3.34. The van der Waals surface area contributed by atoms with E-state index in [-0.39, 0.29) is 12.1 Å². The zero-order valence-corrected chi connectivity index (χ0v) is 19.6. The smallest absolute Gasteiger partial charge is 0.407 e. The van der Waals surface area contributed by atoms with Crippen LogP contribution in [0.4, 0.5) is 4.79 Å². The summed E-state index contributed by atoms with van der Waals surface area (Å²) in [4.78, 5) is 27.2. The number of likely N-dealkylation sites (tertiary alicyclic amines) is 1. The molecule has 3 rings (SSSR count). The number of ether oxygens (including phenoxy) is 2. The molecule has 9 heteroatoms. The van der Waals surface area contributed by atoms with E-state index >= 15 is 0 Å². The molecular weight excluding hydrogens is 424 g/mol. The molecule has 178 valence electrons. The number of hydrogen-bond acceptors (Lipinski definition) is 7. The molecule has 1 aliphatic heterocycles. The molecule has 1 aromatic heterocycles. The summed E-state index contributed by atoms with van der Waals surface area (Å²) in [7, 11) is 1.63. The first kappa shape index (κ1) is 24.2. The Hall–Kier alpha value is -3.49. The SMILES string of the molecule is C=C(NOc1ncnc(OC2CCN(C(=O)O)C(CCC)C2)c1C)c1ccc(OC)c(C)c1. The first-order valence-corrected chi connectivity index (χ1v) is 11.1. The molecule has 33 heavy (non-hydrogen) atoms. The highest BCUT2D eigenvalue weighted by molar-refractivity contribution is 5.65. The maximum absolute atomic E-state index is 11.5. The van der Waals surface area contributed by atoms with E-state index in [2.05, 4.69) is 29.0 Å². The van der Waals surface area contributed by atoms with E-state index in [4.69, 9.17) is 14.3 Å². The van der Waals surface area contributed by atoms with E-state index in [1.807, 2.05) is 32.0 Å². The topological polar surface area (TPSA) is 106 Å². The third-order valence-electron chi connectivity index (χ3n) is 5.82. The molecule has 0 bridgehead atoms. The number of carbonyl (C=O) groups is 1. The van der Waals surface area contributed by atoms with Crippen molar-refractivity contribution < 1.29 is 24.2 Å². The van der Waals surface area contributed by atoms with Crippen molar-refractivity contribution in [2.75, 3.05) is 13.7 Å². The van der Waals surface area contributed by atoms with Crippen molar-refractivity contribution in [1.82, 2.24) is 20.3 Å². The average Bonchev–Trinajstić information content (AvgIpc) is 2.79. The predicted octanol–water partition coefficient (Wildman–Crippen LogP) is 4.35. The number of carboxylic acid groups (broad SMARTS) is 1. The van der Waals surface area contributed by atoms with Gasteiger partial charge in [-0.25, -0.2) is 15.3 Å². The Morgan fingerprint density at radius 3 is 2.73 bits per heavy atom. The maximum atomic E-state index is 11.5. The molecule has 1 amide bonds. The average molecular weight is 457 g/mol. The number of aromatic nitrogens is 2. The molecule has 0 spiro atoms. The molecule has 0 radical (unpaired) electrons. The van der Waals surface area contributed by atoms with Gasteiger partial charge in [-0.3, -0.25) is 0 Å². The number of methoxy groups -OCH3 is 1. The molecule has 1 aromatic carbocycles. The van der Waals surface area contributed by atoms with Gasteiger partial charge in [0.2, 0.25) is 5.88 Å². The predicted molar refractivity (Wildman–Crippen MR) is 124 cm³/mol. The van der Waals surface area contributed by atoms with Gasteiger partial charge in [0.25, 0.3) is 5.88 Å². The van der Waals surface area contributed by atoms with Crippen LogP contribution in [0.3, 0.4) is 0 Å². The zero-order chi connectivity index (χ0) is 24.0. The number of aryl methyl sites for hydroxylation is 1. The van der Waals surface area contributed by atoms with Gasteiger partial charge in [0.05, 0.1) is 18.4 Å². The largest absolute Gasteiger partial charge is 0.496 e. The van der Waals surface area contributed by atoms with Crippen LogP contribution in [0.25, 0.3) is 5.70 Å². The first-order chi connectivity index (χ1) is 15.8. The summed E-state index contributed by atoms with van der Waals surface area (Å²) in [5.74, 6) is 1.56. The number of nitrogens with one attached hydrogen (secondary N) is 1. The lowest BCUT2D eigenvalue weighted by Gasteiger charge is -2.37. The molecule has 1 aliphatic rings. The van der Waals surface area contributed by atoms with Crippen LogP contribution in [-0.4, -0.2) is 51.9 Å². The van der Waals surface area contributed by atoms with Crippen molar-refractivity contribution >= 4 is 11.8 Å². The molecule has 2 heterocycles. The number of rotatable bonds is 9. The summed E-state index contributed by atoms with van der Waals surface area (Å²) < 4.78 is 11.4. The van der Waals surface area contributed by atoms with Crippen LogP contribution in [0, 0.1) is 13.8 Å². The Morgan fingerprint density at radius 2 is 2.06 bits per heavy atom. The van der Waals surface area contributed by atoms with Gasteiger partial charge in [-0.15, -0.1) is 0 Å². The lowest BCUT2D eigenvalue weighted by molar-refractivity contribution is 0.0487. The van der Waals surface area contributed by atoms with E-state index in [1.54, 1.807) is 7.11 Å². The number of benzene rings is 1. The highest BCUT2D eigenvalue weighted by Crippen LogP contribution is 2.29. The van der Waals surface area contributed by atoms with Crippen LogP contribution in [0.2, 0.25) is 0 Å². The molecule has 2 unspecified atom stereocenters. The summed E-state index contributed by atoms with van der Waals surface area (Å²) in [6, 6.07) is 5.67. The monoisotopic (exact) mass is 456 g/mol. The third-order valence-corrected chi connectivity index (χ3v) is 5.82. The lowest BCUT2D eigenvalue weighted by Crippen LogP contribution is -2.48. The standard InChI is InChI=1S/C24H32N4O5/c1-6-7-19-13-20(10-11-28(19)24(29)30)32-22-16(3)23(26-14-25-22)33-27-17(4)18-8-9-21(31-5)15(2)12-18/h8-9,12,14,19-20,27H,4,6-7,10-11,13H2,1-3,5H3,(H,29,30). The van der Waals surface area contributed by atoms with Crippen molar-refractivity contribution in [3.8, 4) is 17.5 Å². The first-order valence-electron chi connectivity index (χ1n) is 11.1. The van der Waals surface area contributed by atoms with Gasteiger partial charge in [0, 0.05) is 31.0 Å². The number of hydrogen-bond donors (Lipinski definition) is 2. The molecular formula is C24H32N4O5. The molecule has 2 N–H and O–H groups in total. The fourth-order valence-electron chi connectivity index (χ4n) is 4.01. The minimum absolute atomic E-state index is 0.0537. The fourth-order valence-corrected chi connectivity index (χ4v) is 4.01. The van der Waals surface area contributed by atoms with Crippen LogP contribution in [0.15, 0.2) is 31.1 Å². The van der Waals surface area contributed by atoms with Crippen LogP contribution >= 0.6 is 0 Å².